The summed E-state index contributed by atoms with van der Waals surface area (Å²) in [5, 5.41) is 3.21. The average Bonchev–Trinajstić information content (AvgIpc) is 2.77. The molecule has 1 atom stereocenters. The van der Waals surface area contributed by atoms with Gasteiger partial charge >= 0.3 is 0 Å². The van der Waals surface area contributed by atoms with Gasteiger partial charge in [0.25, 0.3) is 5.91 Å². The van der Waals surface area contributed by atoms with Crippen LogP contribution in [-0.4, -0.2) is 56.3 Å². The molecule has 1 unspecified atom stereocenters. The lowest BCUT2D eigenvalue weighted by Gasteiger charge is -2.36. The first-order chi connectivity index (χ1) is 15.0. The summed E-state index contributed by atoms with van der Waals surface area (Å²) in [5.74, 6) is 0.217. The van der Waals surface area contributed by atoms with Crippen molar-refractivity contribution in [3.8, 4) is 5.75 Å². The van der Waals surface area contributed by atoms with Gasteiger partial charge in [-0.15, -0.1) is 0 Å². The van der Waals surface area contributed by atoms with Gasteiger partial charge in [0.05, 0.1) is 11.6 Å². The lowest BCUT2D eigenvalue weighted by atomic mass is 10.0. The molecule has 2 aromatic carbocycles. The monoisotopic (exact) mass is 448 g/mol. The lowest BCUT2D eigenvalue weighted by Crippen LogP contribution is -2.43. The highest BCUT2D eigenvalue weighted by atomic mass is 35.5. The molecular weight excluding hydrogens is 419 g/mol. The molecule has 31 heavy (non-hydrogen) atoms. The van der Waals surface area contributed by atoms with Crippen molar-refractivity contribution in [1.82, 2.24) is 10.2 Å². The number of rotatable bonds is 9. The second-order valence-corrected chi connectivity index (χ2v) is 8.33. The van der Waals surface area contributed by atoms with Gasteiger partial charge in [-0.3, -0.25) is 4.79 Å². The van der Waals surface area contributed by atoms with E-state index < -0.39 is 0 Å². The molecule has 0 radical (unpaired) electrons. The van der Waals surface area contributed by atoms with Gasteiger partial charge in [0, 0.05) is 38.3 Å². The van der Waals surface area contributed by atoms with Crippen molar-refractivity contribution in [3.05, 3.63) is 64.4 Å². The highest BCUT2D eigenvalue weighted by Gasteiger charge is 2.24. The molecule has 0 saturated carbocycles. The van der Waals surface area contributed by atoms with E-state index in [1.165, 1.54) is 12.1 Å². The summed E-state index contributed by atoms with van der Waals surface area (Å²) >= 11 is 6.37. The van der Waals surface area contributed by atoms with E-state index in [1.807, 2.05) is 12.1 Å². The van der Waals surface area contributed by atoms with Gasteiger partial charge in [-0.2, -0.15) is 0 Å². The molecule has 1 N–H and O–H groups in total. The molecule has 0 aliphatic carbocycles. The molecule has 7 heteroatoms. The Bertz CT molecular complexity index is 854. The molecule has 3 rings (SSSR count). The Morgan fingerprint density at radius 3 is 2.58 bits per heavy atom. The third-order valence-corrected chi connectivity index (χ3v) is 5.92. The Morgan fingerprint density at radius 2 is 1.94 bits per heavy atom. The molecule has 168 valence electrons. The fourth-order valence-electron chi connectivity index (χ4n) is 3.81. The molecule has 0 aromatic heterocycles. The molecule has 1 saturated heterocycles. The van der Waals surface area contributed by atoms with Crippen molar-refractivity contribution < 1.29 is 18.7 Å². The summed E-state index contributed by atoms with van der Waals surface area (Å²) < 4.78 is 24.2. The lowest BCUT2D eigenvalue weighted by molar-refractivity contribution is 0.0799. The highest BCUT2D eigenvalue weighted by molar-refractivity contribution is 6.32. The first-order valence-electron chi connectivity index (χ1n) is 10.7. The fourth-order valence-corrected chi connectivity index (χ4v) is 4.04. The summed E-state index contributed by atoms with van der Waals surface area (Å²) in [4.78, 5) is 14.6. The van der Waals surface area contributed by atoms with E-state index in [1.54, 1.807) is 25.3 Å². The molecule has 0 spiro atoms. The number of methoxy groups -OCH3 is 1. The van der Waals surface area contributed by atoms with Crippen LogP contribution in [0.3, 0.4) is 0 Å². The zero-order chi connectivity index (χ0) is 22.2. The van der Waals surface area contributed by atoms with E-state index in [0.717, 1.165) is 37.9 Å². The van der Waals surface area contributed by atoms with Crippen LogP contribution in [0.5, 0.6) is 5.75 Å². The van der Waals surface area contributed by atoms with Crippen LogP contribution >= 0.6 is 11.6 Å². The Labute approximate surface area is 188 Å². The van der Waals surface area contributed by atoms with Gasteiger partial charge in [-0.25, -0.2) is 4.39 Å². The SMILES string of the molecule is COCCNC(=O)c1ccc(OC2CCN(C(C)Cc3ccc(F)cc3)CC2)c(Cl)c1. The number of halogens is 2. The zero-order valence-corrected chi connectivity index (χ0v) is 18.8. The number of carbonyl (C=O) groups is 1. The summed E-state index contributed by atoms with van der Waals surface area (Å²) in [6.07, 6.45) is 2.80. The standard InChI is InChI=1S/C24H30ClFN2O3/c1-17(15-18-3-6-20(26)7-4-18)28-12-9-21(10-13-28)31-23-8-5-19(16-22(23)25)24(29)27-11-14-30-2/h3-8,16-17,21H,9-15H2,1-2H3,(H,27,29). The summed E-state index contributed by atoms with van der Waals surface area (Å²) in [7, 11) is 1.59. The van der Waals surface area contributed by atoms with Crippen LogP contribution in [0.2, 0.25) is 5.02 Å². The summed E-state index contributed by atoms with van der Waals surface area (Å²) in [5.41, 5.74) is 1.64. The molecule has 1 aliphatic rings. The van der Waals surface area contributed by atoms with E-state index in [4.69, 9.17) is 21.1 Å². The molecule has 0 bridgehead atoms. The van der Waals surface area contributed by atoms with Crippen LogP contribution in [0.15, 0.2) is 42.5 Å². The Balaban J connectivity index is 1.47. The number of benzene rings is 2. The van der Waals surface area contributed by atoms with Crippen molar-refractivity contribution in [2.75, 3.05) is 33.4 Å². The normalized spacial score (nSPS) is 16.1. The largest absolute Gasteiger partial charge is 0.489 e. The third-order valence-electron chi connectivity index (χ3n) is 5.62. The Hall–Kier alpha value is -2.15. The van der Waals surface area contributed by atoms with Crippen LogP contribution in [0.25, 0.3) is 0 Å². The Kier molecular flexibility index (Phi) is 8.69. The van der Waals surface area contributed by atoms with Crippen LogP contribution in [0, 0.1) is 5.82 Å². The molecule has 1 heterocycles. The minimum Gasteiger partial charge on any atom is -0.489 e. The van der Waals surface area contributed by atoms with Crippen LogP contribution in [-0.2, 0) is 11.2 Å². The maximum Gasteiger partial charge on any atom is 0.251 e. The molecule has 1 aliphatic heterocycles. The van der Waals surface area contributed by atoms with Gasteiger partial charge in [0.15, 0.2) is 0 Å². The van der Waals surface area contributed by atoms with Crippen LogP contribution < -0.4 is 10.1 Å². The van der Waals surface area contributed by atoms with E-state index >= 15 is 0 Å². The minimum absolute atomic E-state index is 0.0909. The van der Waals surface area contributed by atoms with E-state index in [9.17, 15) is 9.18 Å². The molecule has 1 amide bonds. The van der Waals surface area contributed by atoms with Crippen molar-refractivity contribution in [2.45, 2.75) is 38.3 Å². The van der Waals surface area contributed by atoms with Gasteiger partial charge in [-0.1, -0.05) is 23.7 Å². The van der Waals surface area contributed by atoms with Gasteiger partial charge < -0.3 is 19.7 Å². The third kappa shape index (κ3) is 6.92. The second kappa shape index (κ2) is 11.5. The van der Waals surface area contributed by atoms with E-state index in [2.05, 4.69) is 17.1 Å². The van der Waals surface area contributed by atoms with E-state index in [-0.39, 0.29) is 17.8 Å². The highest BCUT2D eigenvalue weighted by Crippen LogP contribution is 2.29. The maximum absolute atomic E-state index is 13.1. The van der Waals surface area contributed by atoms with Crippen LogP contribution in [0.4, 0.5) is 4.39 Å². The topological polar surface area (TPSA) is 50.8 Å². The van der Waals surface area contributed by atoms with Crippen molar-refractivity contribution >= 4 is 17.5 Å². The number of nitrogens with one attached hydrogen (secondary N) is 1. The van der Waals surface area contributed by atoms with Gasteiger partial charge in [0.2, 0.25) is 0 Å². The van der Waals surface area contributed by atoms with E-state index in [0.29, 0.717) is 35.5 Å². The second-order valence-electron chi connectivity index (χ2n) is 7.93. The number of piperidine rings is 1. The Morgan fingerprint density at radius 1 is 1.23 bits per heavy atom. The minimum atomic E-state index is -0.201. The fraction of sp³-hybridized carbons (Fsp3) is 0.458. The smallest absolute Gasteiger partial charge is 0.251 e. The molecule has 1 fully saturated rings. The quantitative estimate of drug-likeness (QED) is 0.580. The zero-order valence-electron chi connectivity index (χ0n) is 18.1. The van der Waals surface area contributed by atoms with Crippen LogP contribution in [0.1, 0.15) is 35.7 Å². The maximum atomic E-state index is 13.1. The van der Waals surface area contributed by atoms with Gasteiger partial charge in [-0.05, 0) is 62.1 Å². The van der Waals surface area contributed by atoms with Crippen molar-refractivity contribution in [1.29, 1.82) is 0 Å². The number of ether oxygens (including phenoxy) is 2. The number of likely N-dealkylation sites (tertiary alicyclic amines) is 1. The summed E-state index contributed by atoms with van der Waals surface area (Å²) in [6, 6.07) is 12.2. The first-order valence-corrected chi connectivity index (χ1v) is 11.1. The predicted octanol–water partition coefficient (Wildman–Crippen LogP) is 4.33. The van der Waals surface area contributed by atoms with Crippen molar-refractivity contribution in [2.24, 2.45) is 0 Å². The average molecular weight is 449 g/mol. The molecular formula is C24H30ClFN2O3. The first kappa shape index (κ1) is 23.5. The number of hydrogen-bond donors (Lipinski definition) is 1. The van der Waals surface area contributed by atoms with Gasteiger partial charge in [0.1, 0.15) is 17.7 Å². The number of hydrogen-bond acceptors (Lipinski definition) is 4. The molecule has 2 aromatic rings. The predicted molar refractivity (Wildman–Crippen MR) is 120 cm³/mol. The summed E-state index contributed by atoms with van der Waals surface area (Å²) in [6.45, 7) is 4.98. The molecule has 5 nitrogen and oxygen atoms in total. The number of carbonyl (C=O) groups excluding carboxylic acids is 1. The number of amides is 1. The van der Waals surface area contributed by atoms with Crippen molar-refractivity contribution in [3.63, 3.8) is 0 Å². The number of nitrogens with zero attached hydrogens (tertiary/aromatic N) is 1.